The van der Waals surface area contributed by atoms with Crippen LogP contribution >= 0.6 is 17.2 Å². The van der Waals surface area contributed by atoms with E-state index in [0.717, 1.165) is 44.5 Å². The summed E-state index contributed by atoms with van der Waals surface area (Å²) in [6.07, 6.45) is 0. The lowest BCUT2D eigenvalue weighted by Crippen LogP contribution is -2.73. The van der Waals surface area contributed by atoms with Crippen LogP contribution in [0.4, 0.5) is 0 Å². The molecular formula is C53H56O5P2. The summed E-state index contributed by atoms with van der Waals surface area (Å²) in [6.45, 7) is 22.5. The summed E-state index contributed by atoms with van der Waals surface area (Å²) in [5.41, 5.74) is 14.2. The molecule has 5 nitrogen and oxygen atoms in total. The molecule has 4 aliphatic rings. The fraction of sp³-hybridized carbons (Fsp3) is 0.321. The molecule has 0 radical (unpaired) electrons. The minimum absolute atomic E-state index is 0.260. The van der Waals surface area contributed by atoms with E-state index < -0.39 is 34.2 Å². The van der Waals surface area contributed by atoms with Gasteiger partial charge in [0.1, 0.15) is 5.41 Å². The van der Waals surface area contributed by atoms with E-state index in [0.29, 0.717) is 11.8 Å². The minimum Gasteiger partial charge on any atom is -0.304 e. The molecule has 0 aliphatic carbocycles. The van der Waals surface area contributed by atoms with Crippen molar-refractivity contribution in [3.8, 4) is 44.5 Å². The normalized spacial score (nSPS) is 21.4. The summed E-state index contributed by atoms with van der Waals surface area (Å²) in [5.74, 6) is -0.317. The average Bonchev–Trinajstić information content (AvgIpc) is 3.23. The SMILES string of the molecule is CC(C)c1ccccc1-c1ccc(C2(c3ccc(-c4ccccc4C(C)C)cc3-c3ccccc3C(C)C)C(C)(C)OP3OP4OC2(O3)O4)c(-c2ccccc2C(C)C)c1. The maximum Gasteiger partial charge on any atom is 0.349 e. The van der Waals surface area contributed by atoms with Crippen LogP contribution in [0.15, 0.2) is 133 Å². The van der Waals surface area contributed by atoms with Crippen LogP contribution in [-0.2, 0) is 27.8 Å². The van der Waals surface area contributed by atoms with Gasteiger partial charge in [-0.3, -0.25) is 13.6 Å². The van der Waals surface area contributed by atoms with Crippen LogP contribution in [0.2, 0.25) is 0 Å². The van der Waals surface area contributed by atoms with Crippen molar-refractivity contribution in [3.63, 3.8) is 0 Å². The van der Waals surface area contributed by atoms with Gasteiger partial charge in [-0.25, -0.2) is 4.31 Å². The lowest BCUT2D eigenvalue weighted by Gasteiger charge is -2.66. The van der Waals surface area contributed by atoms with Gasteiger partial charge in [-0.2, -0.15) is 0 Å². The van der Waals surface area contributed by atoms with E-state index in [2.05, 4.69) is 203 Å². The standard InChI is InChI=1S/C53H56O5P2/c1-33(2)39-19-11-15-23-43(39)37-27-29-49(47(31-37)45-25-17-13-21-41(45)35(5)6)52(51(9,10)54-59-55-53(52)56-60(57-53)58-59)50-30-28-38(44-24-16-12-20-40(44)34(3)4)32-48(50)46-26-18-14-22-42(46)36(7)8/h11-36H,1-10H3. The van der Waals surface area contributed by atoms with Gasteiger partial charge in [-0.1, -0.05) is 177 Å². The Kier molecular flexibility index (Phi) is 10.8. The predicted molar refractivity (Wildman–Crippen MR) is 248 cm³/mol. The van der Waals surface area contributed by atoms with E-state index in [4.69, 9.17) is 22.4 Å². The molecule has 1 unspecified atom stereocenters. The topological polar surface area (TPSA) is 46.2 Å². The summed E-state index contributed by atoms with van der Waals surface area (Å²) in [6, 6.07) is 49.2. The molecule has 0 saturated carbocycles. The third kappa shape index (κ3) is 6.56. The molecule has 3 bridgehead atoms. The summed E-state index contributed by atoms with van der Waals surface area (Å²) in [4.78, 5) is 0. The highest BCUT2D eigenvalue weighted by atomic mass is 31.2. The highest BCUT2D eigenvalue weighted by Crippen LogP contribution is 2.84. The van der Waals surface area contributed by atoms with E-state index in [1.165, 1.54) is 33.4 Å². The smallest absolute Gasteiger partial charge is 0.304 e. The van der Waals surface area contributed by atoms with E-state index >= 15 is 0 Å². The fourth-order valence-corrected chi connectivity index (χ4v) is 12.8. The van der Waals surface area contributed by atoms with Crippen molar-refractivity contribution in [2.24, 2.45) is 0 Å². The largest absolute Gasteiger partial charge is 0.349 e. The van der Waals surface area contributed by atoms with Crippen molar-refractivity contribution in [1.82, 2.24) is 0 Å². The molecule has 6 aromatic carbocycles. The Bertz CT molecular complexity index is 2410. The number of benzene rings is 6. The first kappa shape index (κ1) is 41.3. The van der Waals surface area contributed by atoms with Crippen LogP contribution < -0.4 is 0 Å². The van der Waals surface area contributed by atoms with E-state index in [9.17, 15) is 0 Å². The molecule has 0 aromatic heterocycles. The van der Waals surface area contributed by atoms with E-state index in [1.54, 1.807) is 0 Å². The summed E-state index contributed by atoms with van der Waals surface area (Å²) < 4.78 is 33.9. The molecule has 7 heteroatoms. The minimum atomic E-state index is -1.74. The first-order valence-electron chi connectivity index (χ1n) is 21.5. The number of hydrogen-bond acceptors (Lipinski definition) is 5. The summed E-state index contributed by atoms with van der Waals surface area (Å²) >= 11 is 0. The zero-order chi connectivity index (χ0) is 42.1. The van der Waals surface area contributed by atoms with Gasteiger partial charge in [0.15, 0.2) is 0 Å². The van der Waals surface area contributed by atoms with Gasteiger partial charge in [0.05, 0.1) is 5.60 Å². The Balaban J connectivity index is 1.44. The molecule has 1 atom stereocenters. The highest BCUT2D eigenvalue weighted by Gasteiger charge is 2.80. The Morgan fingerprint density at radius 2 is 0.717 bits per heavy atom. The summed E-state index contributed by atoms with van der Waals surface area (Å²) in [7, 11) is -3.40. The second kappa shape index (κ2) is 15.7. The van der Waals surface area contributed by atoms with Crippen molar-refractivity contribution in [3.05, 3.63) is 167 Å². The van der Waals surface area contributed by atoms with Gasteiger partial charge < -0.3 is 4.52 Å². The third-order valence-electron chi connectivity index (χ3n) is 12.8. The molecule has 60 heavy (non-hydrogen) atoms. The lowest BCUT2D eigenvalue weighted by atomic mass is 9.59. The van der Waals surface area contributed by atoms with E-state index in [-0.39, 0.29) is 11.8 Å². The predicted octanol–water partition coefficient (Wildman–Crippen LogP) is 16.1. The molecule has 1 spiro atoms. The zero-order valence-corrected chi connectivity index (χ0v) is 38.2. The lowest BCUT2D eigenvalue weighted by molar-refractivity contribution is -0.398. The third-order valence-corrected chi connectivity index (χ3v) is 15.6. The Morgan fingerprint density at radius 1 is 0.383 bits per heavy atom. The van der Waals surface area contributed by atoms with Gasteiger partial charge in [-0.05, 0) is 128 Å². The van der Waals surface area contributed by atoms with Crippen LogP contribution in [0.1, 0.15) is 126 Å². The molecule has 0 amide bonds. The van der Waals surface area contributed by atoms with Crippen LogP contribution in [0.3, 0.4) is 0 Å². The molecule has 308 valence electrons. The van der Waals surface area contributed by atoms with Crippen LogP contribution in [0, 0.1) is 0 Å². The van der Waals surface area contributed by atoms with Crippen molar-refractivity contribution in [1.29, 1.82) is 0 Å². The van der Waals surface area contributed by atoms with E-state index in [1.807, 2.05) is 0 Å². The maximum atomic E-state index is 7.11. The fourth-order valence-electron chi connectivity index (χ4n) is 9.97. The zero-order valence-electron chi connectivity index (χ0n) is 36.4. The average molecular weight is 835 g/mol. The van der Waals surface area contributed by atoms with Crippen molar-refractivity contribution in [2.75, 3.05) is 0 Å². The van der Waals surface area contributed by atoms with Crippen LogP contribution in [0.25, 0.3) is 44.5 Å². The molecule has 6 aromatic rings. The summed E-state index contributed by atoms with van der Waals surface area (Å²) in [5, 5.41) is 0. The molecule has 4 aliphatic heterocycles. The van der Waals surface area contributed by atoms with Crippen LogP contribution in [-0.4, -0.2) is 11.6 Å². The van der Waals surface area contributed by atoms with Gasteiger partial charge in [0.2, 0.25) is 0 Å². The van der Waals surface area contributed by atoms with Crippen molar-refractivity contribution < 1.29 is 22.4 Å². The van der Waals surface area contributed by atoms with Crippen molar-refractivity contribution >= 4 is 17.2 Å². The van der Waals surface area contributed by atoms with Crippen molar-refractivity contribution in [2.45, 2.75) is 110 Å². The second-order valence-electron chi connectivity index (χ2n) is 18.2. The Hall–Kier alpha value is -4.02. The first-order chi connectivity index (χ1) is 28.8. The van der Waals surface area contributed by atoms with Gasteiger partial charge >= 0.3 is 23.2 Å². The molecule has 10 rings (SSSR count). The Labute approximate surface area is 359 Å². The second-order valence-corrected chi connectivity index (χ2v) is 20.5. The molecule has 4 heterocycles. The quantitative estimate of drug-likeness (QED) is 0.129. The van der Waals surface area contributed by atoms with Crippen LogP contribution in [0.5, 0.6) is 0 Å². The first-order valence-corrected chi connectivity index (χ1v) is 23.7. The number of hydrogen-bond donors (Lipinski definition) is 0. The molecular weight excluding hydrogens is 779 g/mol. The number of rotatable bonds is 10. The Morgan fingerprint density at radius 3 is 1.10 bits per heavy atom. The van der Waals surface area contributed by atoms with Gasteiger partial charge in [-0.15, -0.1) is 0 Å². The maximum absolute atomic E-state index is 7.11. The molecule has 0 N–H and O–H groups in total. The van der Waals surface area contributed by atoms with Gasteiger partial charge in [0.25, 0.3) is 0 Å². The molecule has 4 fully saturated rings. The highest BCUT2D eigenvalue weighted by molar-refractivity contribution is 7.57. The monoisotopic (exact) mass is 834 g/mol. The molecule has 4 saturated heterocycles. The van der Waals surface area contributed by atoms with Gasteiger partial charge in [0, 0.05) is 0 Å².